The fourth-order valence-electron chi connectivity index (χ4n) is 1.65. The molecule has 0 radical (unpaired) electrons. The third-order valence-electron chi connectivity index (χ3n) is 3.44. The molecule has 0 spiro atoms. The topological polar surface area (TPSA) is 41.0 Å². The maximum atomic E-state index is 4.32. The number of anilines is 1. The third kappa shape index (κ3) is 5.15. The number of nitrogens with one attached hydrogen (secondary N) is 1. The summed E-state index contributed by atoms with van der Waals surface area (Å²) in [5, 5.41) is 12.0. The average Bonchev–Trinajstić information content (AvgIpc) is 2.34. The highest BCUT2D eigenvalue weighted by Crippen LogP contribution is 2.16. The second kappa shape index (κ2) is 6.33. The summed E-state index contributed by atoms with van der Waals surface area (Å²) >= 11 is 0. The molecule has 0 aromatic carbocycles. The molecule has 0 saturated carbocycles. The van der Waals surface area contributed by atoms with Gasteiger partial charge in [-0.05, 0) is 45.7 Å². The van der Waals surface area contributed by atoms with Crippen LogP contribution in [0.5, 0.6) is 0 Å². The smallest absolute Gasteiger partial charge is 0.151 e. The van der Waals surface area contributed by atoms with E-state index < -0.39 is 0 Å². The Morgan fingerprint density at radius 2 is 1.79 bits per heavy atom. The molecule has 0 aliphatic rings. The van der Waals surface area contributed by atoms with Crippen LogP contribution in [0, 0.1) is 5.92 Å². The molecule has 4 nitrogen and oxygen atoms in total. The highest BCUT2D eigenvalue weighted by molar-refractivity contribution is 5.37. The van der Waals surface area contributed by atoms with Crippen LogP contribution in [-0.2, 0) is 6.54 Å². The van der Waals surface area contributed by atoms with Crippen molar-refractivity contribution in [2.45, 2.75) is 59.7 Å². The Hall–Kier alpha value is -1.16. The lowest BCUT2D eigenvalue weighted by molar-refractivity contribution is 0.420. The number of hydrogen-bond donors (Lipinski definition) is 1. The van der Waals surface area contributed by atoms with Crippen LogP contribution in [0.2, 0.25) is 0 Å². The number of rotatable bonds is 5. The molecule has 0 aliphatic carbocycles. The van der Waals surface area contributed by atoms with E-state index in [-0.39, 0.29) is 5.54 Å². The maximum absolute atomic E-state index is 4.32. The van der Waals surface area contributed by atoms with Gasteiger partial charge >= 0.3 is 0 Å². The predicted molar refractivity (Wildman–Crippen MR) is 81.3 cm³/mol. The van der Waals surface area contributed by atoms with Crippen LogP contribution in [-0.4, -0.2) is 28.8 Å². The maximum Gasteiger partial charge on any atom is 0.151 e. The van der Waals surface area contributed by atoms with E-state index in [0.717, 1.165) is 18.1 Å². The number of hydrogen-bond acceptors (Lipinski definition) is 4. The molecule has 1 aromatic rings. The van der Waals surface area contributed by atoms with E-state index in [1.54, 1.807) is 0 Å². The molecular weight excluding hydrogens is 236 g/mol. The van der Waals surface area contributed by atoms with E-state index >= 15 is 0 Å². The predicted octanol–water partition coefficient (Wildman–Crippen LogP) is 2.85. The Bertz CT molecular complexity index is 378. The van der Waals surface area contributed by atoms with Crippen LogP contribution >= 0.6 is 0 Å². The summed E-state index contributed by atoms with van der Waals surface area (Å²) in [7, 11) is 2.07. The first kappa shape index (κ1) is 15.9. The van der Waals surface area contributed by atoms with E-state index in [2.05, 4.69) is 69.0 Å². The van der Waals surface area contributed by atoms with E-state index in [1.165, 1.54) is 0 Å². The van der Waals surface area contributed by atoms with E-state index in [9.17, 15) is 0 Å². The van der Waals surface area contributed by atoms with Gasteiger partial charge in [-0.25, -0.2) is 0 Å². The largest absolute Gasteiger partial charge is 0.355 e. The summed E-state index contributed by atoms with van der Waals surface area (Å²) in [5.74, 6) is 1.52. The van der Waals surface area contributed by atoms with Crippen molar-refractivity contribution in [2.24, 2.45) is 5.92 Å². The van der Waals surface area contributed by atoms with Crippen molar-refractivity contribution in [3.05, 3.63) is 17.8 Å². The first-order valence-electron chi connectivity index (χ1n) is 7.01. The van der Waals surface area contributed by atoms with Gasteiger partial charge in [0.15, 0.2) is 5.82 Å². The zero-order chi connectivity index (χ0) is 14.6. The molecule has 1 N–H and O–H groups in total. The Balaban J connectivity index is 2.66. The van der Waals surface area contributed by atoms with Gasteiger partial charge in [0.25, 0.3) is 0 Å². The minimum absolute atomic E-state index is 0.100. The van der Waals surface area contributed by atoms with Crippen molar-refractivity contribution < 1.29 is 0 Å². The number of aromatic nitrogens is 2. The van der Waals surface area contributed by atoms with Gasteiger partial charge < -0.3 is 10.2 Å². The van der Waals surface area contributed by atoms with Crippen LogP contribution in [0.3, 0.4) is 0 Å². The van der Waals surface area contributed by atoms with E-state index in [1.807, 2.05) is 12.1 Å². The SMILES string of the molecule is CC(C)C(C)N(C)c1ccc(CNC(C)(C)C)nn1. The van der Waals surface area contributed by atoms with Gasteiger partial charge in [-0.15, -0.1) is 5.10 Å². The minimum Gasteiger partial charge on any atom is -0.355 e. The molecule has 1 rings (SSSR count). The van der Waals surface area contributed by atoms with Crippen molar-refractivity contribution in [3.63, 3.8) is 0 Å². The van der Waals surface area contributed by atoms with Gasteiger partial charge in [0.2, 0.25) is 0 Å². The highest BCUT2D eigenvalue weighted by atomic mass is 15.3. The second-order valence-electron chi connectivity index (χ2n) is 6.58. The standard InChI is InChI=1S/C15H28N4/c1-11(2)12(3)19(7)14-9-8-13(17-18-14)10-16-15(4,5)6/h8-9,11-12,16H,10H2,1-7H3. The van der Waals surface area contributed by atoms with Crippen molar-refractivity contribution >= 4 is 5.82 Å². The molecule has 0 fully saturated rings. The van der Waals surface area contributed by atoms with Crippen LogP contribution in [0.4, 0.5) is 5.82 Å². The molecule has 0 aliphatic heterocycles. The van der Waals surface area contributed by atoms with E-state index in [0.29, 0.717) is 12.0 Å². The van der Waals surface area contributed by atoms with E-state index in [4.69, 9.17) is 0 Å². The second-order valence-corrected chi connectivity index (χ2v) is 6.58. The molecular formula is C15H28N4. The van der Waals surface area contributed by atoms with Crippen LogP contribution in [0.25, 0.3) is 0 Å². The first-order valence-corrected chi connectivity index (χ1v) is 7.01. The normalized spacial score (nSPS) is 13.7. The quantitative estimate of drug-likeness (QED) is 0.888. The first-order chi connectivity index (χ1) is 8.70. The van der Waals surface area contributed by atoms with Crippen LogP contribution < -0.4 is 10.2 Å². The van der Waals surface area contributed by atoms with Gasteiger partial charge in [0, 0.05) is 25.2 Å². The lowest BCUT2D eigenvalue weighted by Crippen LogP contribution is -2.36. The Kier molecular flexibility index (Phi) is 5.29. The molecule has 108 valence electrons. The van der Waals surface area contributed by atoms with Crippen molar-refractivity contribution in [2.75, 3.05) is 11.9 Å². The molecule has 0 amide bonds. The zero-order valence-corrected chi connectivity index (χ0v) is 13.4. The summed E-state index contributed by atoms with van der Waals surface area (Å²) in [5.41, 5.74) is 1.08. The summed E-state index contributed by atoms with van der Waals surface area (Å²) in [6.07, 6.45) is 0. The Morgan fingerprint density at radius 1 is 1.16 bits per heavy atom. The van der Waals surface area contributed by atoms with Crippen LogP contribution in [0.1, 0.15) is 47.2 Å². The van der Waals surface area contributed by atoms with Crippen molar-refractivity contribution in [3.8, 4) is 0 Å². The van der Waals surface area contributed by atoms with Crippen molar-refractivity contribution in [1.82, 2.24) is 15.5 Å². The molecule has 1 atom stereocenters. The molecule has 1 unspecified atom stereocenters. The molecule has 1 heterocycles. The van der Waals surface area contributed by atoms with Gasteiger partial charge in [-0.3, -0.25) is 0 Å². The van der Waals surface area contributed by atoms with Gasteiger partial charge in [0.1, 0.15) is 0 Å². The van der Waals surface area contributed by atoms with Gasteiger partial charge in [0.05, 0.1) is 5.69 Å². The molecule has 0 saturated heterocycles. The third-order valence-corrected chi connectivity index (χ3v) is 3.44. The summed E-state index contributed by atoms with van der Waals surface area (Å²) < 4.78 is 0. The Morgan fingerprint density at radius 3 is 2.21 bits per heavy atom. The average molecular weight is 264 g/mol. The zero-order valence-electron chi connectivity index (χ0n) is 13.4. The van der Waals surface area contributed by atoms with Crippen molar-refractivity contribution in [1.29, 1.82) is 0 Å². The van der Waals surface area contributed by atoms with Gasteiger partial charge in [-0.2, -0.15) is 5.10 Å². The summed E-state index contributed by atoms with van der Waals surface area (Å²) in [6, 6.07) is 4.55. The summed E-state index contributed by atoms with van der Waals surface area (Å²) in [4.78, 5) is 2.18. The monoisotopic (exact) mass is 264 g/mol. The highest BCUT2D eigenvalue weighted by Gasteiger charge is 2.15. The molecule has 0 bridgehead atoms. The fourth-order valence-corrected chi connectivity index (χ4v) is 1.65. The Labute approximate surface area is 117 Å². The molecule has 1 aromatic heterocycles. The van der Waals surface area contributed by atoms with Gasteiger partial charge in [-0.1, -0.05) is 13.8 Å². The molecule has 19 heavy (non-hydrogen) atoms. The fraction of sp³-hybridized carbons (Fsp3) is 0.733. The number of nitrogens with zero attached hydrogens (tertiary/aromatic N) is 3. The minimum atomic E-state index is 0.100. The lowest BCUT2D eigenvalue weighted by Gasteiger charge is -2.28. The summed E-state index contributed by atoms with van der Waals surface area (Å²) in [6.45, 7) is 13.8. The molecule has 4 heteroatoms. The lowest BCUT2D eigenvalue weighted by atomic mass is 10.1. The van der Waals surface area contributed by atoms with Crippen LogP contribution in [0.15, 0.2) is 12.1 Å².